The van der Waals surface area contributed by atoms with E-state index in [4.69, 9.17) is 9.47 Å². The van der Waals surface area contributed by atoms with Crippen LogP contribution in [0.3, 0.4) is 0 Å². The zero-order valence-electron chi connectivity index (χ0n) is 14.2. The van der Waals surface area contributed by atoms with Crippen molar-refractivity contribution in [3.8, 4) is 5.88 Å². The molecule has 0 unspecified atom stereocenters. The maximum Gasteiger partial charge on any atom is 0.326 e. The van der Waals surface area contributed by atoms with Crippen molar-refractivity contribution in [3.63, 3.8) is 0 Å². The number of hydrogen-bond donors (Lipinski definition) is 1. The molecule has 2 aromatic rings. The zero-order chi connectivity index (χ0) is 18.1. The fourth-order valence-corrected chi connectivity index (χ4v) is 4.23. The quantitative estimate of drug-likeness (QED) is 0.862. The van der Waals surface area contributed by atoms with Gasteiger partial charge >= 0.3 is 5.97 Å². The van der Waals surface area contributed by atoms with Crippen molar-refractivity contribution in [2.75, 3.05) is 20.8 Å². The van der Waals surface area contributed by atoms with Crippen molar-refractivity contribution < 1.29 is 24.2 Å². The zero-order valence-corrected chi connectivity index (χ0v) is 15.1. The molecule has 1 fully saturated rings. The first-order chi connectivity index (χ1) is 12.0. The number of likely N-dealkylation sites (tertiary alicyclic amines) is 1. The average molecular weight is 365 g/mol. The number of thiophene rings is 1. The van der Waals surface area contributed by atoms with Crippen LogP contribution in [0.15, 0.2) is 0 Å². The molecule has 0 aliphatic carbocycles. The number of aryl methyl sites for hydroxylation is 1. The Hall–Kier alpha value is -2.26. The average Bonchev–Trinajstić information content (AvgIpc) is 3.19. The van der Waals surface area contributed by atoms with Crippen molar-refractivity contribution in [2.24, 2.45) is 0 Å². The Bertz CT molecular complexity index is 835. The molecule has 1 aliphatic rings. The molecule has 0 aromatic carbocycles. The number of methoxy groups -OCH3 is 2. The Kier molecular flexibility index (Phi) is 4.87. The lowest BCUT2D eigenvalue weighted by Crippen LogP contribution is -2.40. The first kappa shape index (κ1) is 17.6. The van der Waals surface area contributed by atoms with Crippen LogP contribution in [-0.2, 0) is 16.1 Å². The van der Waals surface area contributed by atoms with Gasteiger partial charge in [0, 0.05) is 13.7 Å². The van der Waals surface area contributed by atoms with E-state index in [0.717, 1.165) is 0 Å². The highest BCUT2D eigenvalue weighted by atomic mass is 32.1. The van der Waals surface area contributed by atoms with Gasteiger partial charge in [-0.15, -0.1) is 11.3 Å². The number of carbonyl (C=O) groups excluding carboxylic acids is 1. The molecule has 25 heavy (non-hydrogen) atoms. The van der Waals surface area contributed by atoms with Crippen LogP contribution in [0.5, 0.6) is 5.88 Å². The van der Waals surface area contributed by atoms with Crippen molar-refractivity contribution in [3.05, 3.63) is 16.3 Å². The Balaban J connectivity index is 2.06. The molecule has 1 atom stereocenters. The summed E-state index contributed by atoms with van der Waals surface area (Å²) >= 11 is 1.23. The number of amides is 1. The van der Waals surface area contributed by atoms with Crippen molar-refractivity contribution in [1.29, 1.82) is 0 Å². The van der Waals surface area contributed by atoms with Gasteiger partial charge in [-0.1, -0.05) is 0 Å². The smallest absolute Gasteiger partial charge is 0.326 e. The molecule has 134 valence electrons. The third kappa shape index (κ3) is 3.05. The molecule has 9 heteroatoms. The molecule has 1 amide bonds. The Morgan fingerprint density at radius 3 is 2.76 bits per heavy atom. The predicted molar refractivity (Wildman–Crippen MR) is 91.1 cm³/mol. The lowest BCUT2D eigenvalue weighted by atomic mass is 10.2. The summed E-state index contributed by atoms with van der Waals surface area (Å²) in [5.41, 5.74) is 0.710. The summed E-state index contributed by atoms with van der Waals surface area (Å²) in [5, 5.41) is 10.0. The number of aromatic nitrogens is 2. The minimum absolute atomic E-state index is 0.236. The largest absolute Gasteiger partial charge is 0.480 e. The van der Waals surface area contributed by atoms with E-state index in [2.05, 4.69) is 9.97 Å². The molecular formula is C16H19N3O5S. The SMILES string of the molecule is COCc1nc(OC)c2c(C)c(C(=O)N3CCC[C@H]3C(=O)O)sc2n1. The van der Waals surface area contributed by atoms with E-state index in [0.29, 0.717) is 51.7 Å². The molecule has 2 aromatic heterocycles. The minimum atomic E-state index is -0.968. The van der Waals surface area contributed by atoms with E-state index in [1.807, 2.05) is 0 Å². The normalized spacial score (nSPS) is 17.2. The van der Waals surface area contributed by atoms with Gasteiger partial charge in [0.05, 0.1) is 17.4 Å². The molecular weight excluding hydrogens is 346 g/mol. The van der Waals surface area contributed by atoms with Crippen LogP contribution < -0.4 is 4.74 Å². The second kappa shape index (κ2) is 6.93. The number of aliphatic carboxylic acids is 1. The summed E-state index contributed by atoms with van der Waals surface area (Å²) in [6, 6.07) is -0.769. The van der Waals surface area contributed by atoms with Crippen molar-refractivity contribution >= 4 is 33.4 Å². The van der Waals surface area contributed by atoms with Gasteiger partial charge in [-0.2, -0.15) is 4.98 Å². The van der Waals surface area contributed by atoms with Gasteiger partial charge in [-0.3, -0.25) is 4.79 Å². The number of ether oxygens (including phenoxy) is 2. The highest BCUT2D eigenvalue weighted by Gasteiger charge is 2.36. The van der Waals surface area contributed by atoms with Gasteiger partial charge in [0.2, 0.25) is 5.88 Å². The van der Waals surface area contributed by atoms with Gasteiger partial charge in [-0.05, 0) is 25.3 Å². The van der Waals surface area contributed by atoms with Gasteiger partial charge in [0.25, 0.3) is 5.91 Å². The minimum Gasteiger partial charge on any atom is -0.480 e. The van der Waals surface area contributed by atoms with E-state index in [1.54, 1.807) is 14.0 Å². The summed E-state index contributed by atoms with van der Waals surface area (Å²) in [4.78, 5) is 35.6. The number of fused-ring (bicyclic) bond motifs is 1. The Morgan fingerprint density at radius 2 is 2.12 bits per heavy atom. The summed E-state index contributed by atoms with van der Waals surface area (Å²) < 4.78 is 10.4. The number of carbonyl (C=O) groups is 2. The van der Waals surface area contributed by atoms with E-state index < -0.39 is 12.0 Å². The predicted octanol–water partition coefficient (Wildman–Crippen LogP) is 1.84. The summed E-state index contributed by atoms with van der Waals surface area (Å²) in [7, 11) is 3.06. The fourth-order valence-electron chi connectivity index (χ4n) is 3.09. The lowest BCUT2D eigenvalue weighted by Gasteiger charge is -2.20. The van der Waals surface area contributed by atoms with E-state index >= 15 is 0 Å². The molecule has 8 nitrogen and oxygen atoms in total. The van der Waals surface area contributed by atoms with Gasteiger partial charge < -0.3 is 19.5 Å². The number of nitrogens with zero attached hydrogens (tertiary/aromatic N) is 3. The van der Waals surface area contributed by atoms with Crippen LogP contribution in [0.2, 0.25) is 0 Å². The second-order valence-corrected chi connectivity index (χ2v) is 6.81. The van der Waals surface area contributed by atoms with Crippen LogP contribution in [0.4, 0.5) is 0 Å². The highest BCUT2D eigenvalue weighted by molar-refractivity contribution is 7.20. The molecule has 1 N–H and O–H groups in total. The first-order valence-corrected chi connectivity index (χ1v) is 8.66. The van der Waals surface area contributed by atoms with Gasteiger partial charge in [0.1, 0.15) is 17.5 Å². The van der Waals surface area contributed by atoms with Crippen LogP contribution >= 0.6 is 11.3 Å². The Morgan fingerprint density at radius 1 is 1.36 bits per heavy atom. The van der Waals surface area contributed by atoms with Crippen LogP contribution in [0.1, 0.15) is 33.9 Å². The van der Waals surface area contributed by atoms with Crippen LogP contribution in [-0.4, -0.2) is 58.7 Å². The van der Waals surface area contributed by atoms with Crippen molar-refractivity contribution in [2.45, 2.75) is 32.4 Å². The third-order valence-corrected chi connectivity index (χ3v) is 5.44. The summed E-state index contributed by atoms with van der Waals surface area (Å²) in [5.74, 6) is -0.386. The van der Waals surface area contributed by atoms with Crippen LogP contribution in [0, 0.1) is 6.92 Å². The molecule has 3 heterocycles. The monoisotopic (exact) mass is 365 g/mol. The second-order valence-electron chi connectivity index (χ2n) is 5.81. The molecule has 0 saturated carbocycles. The van der Waals surface area contributed by atoms with Crippen molar-refractivity contribution in [1.82, 2.24) is 14.9 Å². The molecule has 1 saturated heterocycles. The third-order valence-electron chi connectivity index (χ3n) is 4.26. The Labute approximate surface area is 148 Å². The number of hydrogen-bond acceptors (Lipinski definition) is 7. The topological polar surface area (TPSA) is 102 Å². The summed E-state index contributed by atoms with van der Waals surface area (Å²) in [6.07, 6.45) is 1.17. The lowest BCUT2D eigenvalue weighted by molar-refractivity contribution is -0.141. The molecule has 1 aliphatic heterocycles. The van der Waals surface area contributed by atoms with Gasteiger partial charge in [0.15, 0.2) is 5.82 Å². The number of carboxylic acid groups (broad SMARTS) is 1. The molecule has 0 radical (unpaired) electrons. The fraction of sp³-hybridized carbons (Fsp3) is 0.500. The highest BCUT2D eigenvalue weighted by Crippen LogP contribution is 2.36. The number of carboxylic acids is 1. The standard InChI is InChI=1S/C16H19N3O5S/c1-8-11-13(24-3)17-10(7-23-2)18-14(11)25-12(8)15(20)19-6-4-5-9(19)16(21)22/h9H,4-7H2,1-3H3,(H,21,22)/t9-/m0/s1. The van der Waals surface area contributed by atoms with E-state index in [-0.39, 0.29) is 12.5 Å². The summed E-state index contributed by atoms with van der Waals surface area (Å²) in [6.45, 7) is 2.49. The molecule has 0 spiro atoms. The molecule has 3 rings (SSSR count). The molecule has 0 bridgehead atoms. The van der Waals surface area contributed by atoms with Gasteiger partial charge in [-0.25, -0.2) is 9.78 Å². The van der Waals surface area contributed by atoms with Crippen LogP contribution in [0.25, 0.3) is 10.2 Å². The van der Waals surface area contributed by atoms with E-state index in [9.17, 15) is 14.7 Å². The maximum atomic E-state index is 12.9. The first-order valence-electron chi connectivity index (χ1n) is 7.84. The van der Waals surface area contributed by atoms with E-state index in [1.165, 1.54) is 23.3 Å². The number of rotatable bonds is 5. The maximum absolute atomic E-state index is 12.9.